The summed E-state index contributed by atoms with van der Waals surface area (Å²) >= 11 is 0. The van der Waals surface area contributed by atoms with Gasteiger partial charge in [-0.1, -0.05) is 18.2 Å². The number of fused-ring (bicyclic) bond motifs is 2. The van der Waals surface area contributed by atoms with E-state index in [1.54, 1.807) is 0 Å². The first kappa shape index (κ1) is 13.1. The molecule has 0 N–H and O–H groups in total. The SMILES string of the molecule is CC(C)OC(C)c1nnc2n1Cc1ccccc1OC2. The van der Waals surface area contributed by atoms with E-state index in [1.807, 2.05) is 39.0 Å². The number of nitrogens with zero attached hydrogens (tertiary/aromatic N) is 3. The molecule has 5 nitrogen and oxygen atoms in total. The van der Waals surface area contributed by atoms with Gasteiger partial charge in [-0.05, 0) is 26.8 Å². The van der Waals surface area contributed by atoms with E-state index >= 15 is 0 Å². The highest BCUT2D eigenvalue weighted by atomic mass is 16.5. The number of benzene rings is 1. The first-order valence-electron chi connectivity index (χ1n) is 6.93. The second kappa shape index (κ2) is 5.25. The molecule has 1 aliphatic heterocycles. The third-order valence-electron chi connectivity index (χ3n) is 3.35. The maximum Gasteiger partial charge on any atom is 0.171 e. The van der Waals surface area contributed by atoms with Gasteiger partial charge in [-0.25, -0.2) is 0 Å². The summed E-state index contributed by atoms with van der Waals surface area (Å²) in [5.41, 5.74) is 1.14. The Morgan fingerprint density at radius 3 is 2.80 bits per heavy atom. The van der Waals surface area contributed by atoms with E-state index in [0.29, 0.717) is 6.61 Å². The fourth-order valence-electron chi connectivity index (χ4n) is 2.49. The smallest absolute Gasteiger partial charge is 0.171 e. The molecule has 20 heavy (non-hydrogen) atoms. The molecule has 1 aliphatic rings. The molecule has 1 unspecified atom stereocenters. The maximum absolute atomic E-state index is 5.83. The third kappa shape index (κ3) is 2.41. The highest BCUT2D eigenvalue weighted by Gasteiger charge is 2.22. The molecule has 3 rings (SSSR count). The Morgan fingerprint density at radius 1 is 1.20 bits per heavy atom. The maximum atomic E-state index is 5.83. The summed E-state index contributed by atoms with van der Waals surface area (Å²) in [6.45, 7) is 7.22. The van der Waals surface area contributed by atoms with Crippen LogP contribution in [0.25, 0.3) is 0 Å². The lowest BCUT2D eigenvalue weighted by Gasteiger charge is -2.16. The molecule has 2 heterocycles. The Bertz CT molecular complexity index is 607. The van der Waals surface area contributed by atoms with Crippen LogP contribution < -0.4 is 4.74 Å². The molecule has 0 saturated carbocycles. The molecule has 0 bridgehead atoms. The van der Waals surface area contributed by atoms with Gasteiger partial charge in [0.05, 0.1) is 12.6 Å². The monoisotopic (exact) mass is 273 g/mol. The molecule has 0 aliphatic carbocycles. The zero-order valence-corrected chi connectivity index (χ0v) is 12.0. The minimum Gasteiger partial charge on any atom is -0.485 e. The molecule has 0 amide bonds. The Hall–Kier alpha value is -1.88. The second-order valence-electron chi connectivity index (χ2n) is 5.28. The van der Waals surface area contributed by atoms with Crippen LogP contribution >= 0.6 is 0 Å². The number of rotatable bonds is 3. The van der Waals surface area contributed by atoms with Crippen molar-refractivity contribution in [3.8, 4) is 5.75 Å². The molecule has 1 atom stereocenters. The lowest BCUT2D eigenvalue weighted by molar-refractivity contribution is 0.0109. The molecule has 1 aromatic heterocycles. The molecule has 1 aromatic carbocycles. The van der Waals surface area contributed by atoms with Gasteiger partial charge in [-0.2, -0.15) is 0 Å². The Morgan fingerprint density at radius 2 is 2.00 bits per heavy atom. The summed E-state index contributed by atoms with van der Waals surface area (Å²) in [6, 6.07) is 8.06. The van der Waals surface area contributed by atoms with Crippen LogP contribution in [-0.4, -0.2) is 20.9 Å². The highest BCUT2D eigenvalue weighted by molar-refractivity contribution is 5.34. The largest absolute Gasteiger partial charge is 0.485 e. The van der Waals surface area contributed by atoms with Gasteiger partial charge in [0.25, 0.3) is 0 Å². The van der Waals surface area contributed by atoms with E-state index in [1.165, 1.54) is 0 Å². The number of hydrogen-bond donors (Lipinski definition) is 0. The van der Waals surface area contributed by atoms with Gasteiger partial charge in [0.15, 0.2) is 11.6 Å². The lowest BCUT2D eigenvalue weighted by Crippen LogP contribution is -2.14. The van der Waals surface area contributed by atoms with Crippen molar-refractivity contribution in [2.45, 2.75) is 46.1 Å². The van der Waals surface area contributed by atoms with Crippen molar-refractivity contribution in [1.29, 1.82) is 0 Å². The minimum atomic E-state index is -0.0819. The van der Waals surface area contributed by atoms with E-state index in [4.69, 9.17) is 9.47 Å². The van der Waals surface area contributed by atoms with Gasteiger partial charge in [0.2, 0.25) is 0 Å². The van der Waals surface area contributed by atoms with Crippen LogP contribution in [0.2, 0.25) is 0 Å². The standard InChI is InChI=1S/C15H19N3O2/c1-10(2)20-11(3)15-17-16-14-9-19-13-7-5-4-6-12(13)8-18(14)15/h4-7,10-11H,8-9H2,1-3H3. The van der Waals surface area contributed by atoms with E-state index in [-0.39, 0.29) is 12.2 Å². The summed E-state index contributed by atoms with van der Waals surface area (Å²) in [4.78, 5) is 0. The quantitative estimate of drug-likeness (QED) is 0.862. The molecule has 0 fully saturated rings. The molecule has 0 saturated heterocycles. The Balaban J connectivity index is 1.94. The average Bonchev–Trinajstić information content (AvgIpc) is 2.71. The number of aromatic nitrogens is 3. The summed E-state index contributed by atoms with van der Waals surface area (Å²) < 4.78 is 13.7. The molecular weight excluding hydrogens is 254 g/mol. The fraction of sp³-hybridized carbons (Fsp3) is 0.467. The van der Waals surface area contributed by atoms with Gasteiger partial charge in [0, 0.05) is 5.56 Å². The van der Waals surface area contributed by atoms with Crippen molar-refractivity contribution in [3.63, 3.8) is 0 Å². The first-order chi connectivity index (χ1) is 9.65. The molecule has 0 spiro atoms. The van der Waals surface area contributed by atoms with Crippen molar-refractivity contribution >= 4 is 0 Å². The van der Waals surface area contributed by atoms with Crippen molar-refractivity contribution in [2.24, 2.45) is 0 Å². The van der Waals surface area contributed by atoms with Gasteiger partial charge in [0.1, 0.15) is 18.5 Å². The zero-order chi connectivity index (χ0) is 14.1. The van der Waals surface area contributed by atoms with Crippen LogP contribution in [0.1, 0.15) is 44.1 Å². The molecule has 5 heteroatoms. The van der Waals surface area contributed by atoms with Crippen molar-refractivity contribution in [3.05, 3.63) is 41.5 Å². The summed E-state index contributed by atoms with van der Waals surface area (Å²) in [6.07, 6.45) is 0.0776. The third-order valence-corrected chi connectivity index (χ3v) is 3.35. The summed E-state index contributed by atoms with van der Waals surface area (Å²) in [5, 5.41) is 8.51. The van der Waals surface area contributed by atoms with E-state index in [0.717, 1.165) is 29.5 Å². The van der Waals surface area contributed by atoms with Gasteiger partial charge in [-0.15, -0.1) is 10.2 Å². The Kier molecular flexibility index (Phi) is 3.44. The van der Waals surface area contributed by atoms with Gasteiger partial charge < -0.3 is 14.0 Å². The zero-order valence-electron chi connectivity index (χ0n) is 12.0. The average molecular weight is 273 g/mol. The van der Waals surface area contributed by atoms with Crippen LogP contribution in [0.3, 0.4) is 0 Å². The molecule has 106 valence electrons. The molecule has 2 aromatic rings. The summed E-state index contributed by atoms with van der Waals surface area (Å²) in [7, 11) is 0. The van der Waals surface area contributed by atoms with Crippen molar-refractivity contribution in [1.82, 2.24) is 14.8 Å². The van der Waals surface area contributed by atoms with Gasteiger partial charge in [-0.3, -0.25) is 0 Å². The Labute approximate surface area is 118 Å². The van der Waals surface area contributed by atoms with E-state index in [2.05, 4.69) is 20.8 Å². The van der Waals surface area contributed by atoms with Crippen molar-refractivity contribution < 1.29 is 9.47 Å². The molecule has 0 radical (unpaired) electrons. The van der Waals surface area contributed by atoms with E-state index < -0.39 is 0 Å². The molecular formula is C15H19N3O2. The van der Waals surface area contributed by atoms with Crippen LogP contribution in [0.15, 0.2) is 24.3 Å². The van der Waals surface area contributed by atoms with Crippen LogP contribution in [0.4, 0.5) is 0 Å². The van der Waals surface area contributed by atoms with Crippen LogP contribution in [0.5, 0.6) is 5.75 Å². The number of para-hydroxylation sites is 1. The fourth-order valence-corrected chi connectivity index (χ4v) is 2.49. The minimum absolute atomic E-state index is 0.0819. The normalized spacial score (nSPS) is 15.2. The number of ether oxygens (including phenoxy) is 2. The predicted molar refractivity (Wildman–Crippen MR) is 74.5 cm³/mol. The lowest BCUT2D eigenvalue weighted by atomic mass is 10.2. The second-order valence-corrected chi connectivity index (χ2v) is 5.28. The van der Waals surface area contributed by atoms with Crippen LogP contribution in [-0.2, 0) is 17.9 Å². The predicted octanol–water partition coefficient (Wildman–Crippen LogP) is 2.70. The topological polar surface area (TPSA) is 49.2 Å². The van der Waals surface area contributed by atoms with Crippen molar-refractivity contribution in [2.75, 3.05) is 0 Å². The highest BCUT2D eigenvalue weighted by Crippen LogP contribution is 2.27. The first-order valence-corrected chi connectivity index (χ1v) is 6.93. The van der Waals surface area contributed by atoms with E-state index in [9.17, 15) is 0 Å². The summed E-state index contributed by atoms with van der Waals surface area (Å²) in [5.74, 6) is 2.62. The van der Waals surface area contributed by atoms with Gasteiger partial charge >= 0.3 is 0 Å². The van der Waals surface area contributed by atoms with Crippen LogP contribution in [0, 0.1) is 0 Å². The number of hydrogen-bond acceptors (Lipinski definition) is 4.